The van der Waals surface area contributed by atoms with E-state index in [1.54, 1.807) is 7.11 Å². The summed E-state index contributed by atoms with van der Waals surface area (Å²) < 4.78 is 5.30. The summed E-state index contributed by atoms with van der Waals surface area (Å²) in [4.78, 5) is 27.3. The molecule has 2 unspecified atom stereocenters. The maximum absolute atomic E-state index is 13.7. The molecule has 0 amide bonds. The fourth-order valence-corrected chi connectivity index (χ4v) is 5.60. The number of allylic oxidation sites excluding steroid dienone is 3. The summed E-state index contributed by atoms with van der Waals surface area (Å²) in [7, 11) is 1.65. The van der Waals surface area contributed by atoms with Crippen LogP contribution in [0.15, 0.2) is 89.6 Å². The van der Waals surface area contributed by atoms with Gasteiger partial charge in [0.2, 0.25) is 0 Å². The Labute approximate surface area is 199 Å². The lowest BCUT2D eigenvalue weighted by atomic mass is 9.71. The second-order valence-corrected chi connectivity index (χ2v) is 9.33. The standard InChI is InChI=1S/C30H25NO3/c1-17-7-9-19(10-8-17)26-27-24(31-29-22-5-3-4-6-23(22)30(33)28(26)29)15-20(16-25(27)32)18-11-13-21(34-2)14-12-18/h3-14,20,26,31H,15-16H2,1-2H3. The van der Waals surface area contributed by atoms with E-state index < -0.39 is 0 Å². The van der Waals surface area contributed by atoms with Gasteiger partial charge in [0.25, 0.3) is 0 Å². The molecule has 6 rings (SSSR count). The number of nitrogens with one attached hydrogen (secondary N) is 1. The zero-order valence-electron chi connectivity index (χ0n) is 19.2. The van der Waals surface area contributed by atoms with E-state index in [0.717, 1.165) is 51.4 Å². The quantitative estimate of drug-likeness (QED) is 0.560. The van der Waals surface area contributed by atoms with Crippen molar-refractivity contribution < 1.29 is 14.3 Å². The van der Waals surface area contributed by atoms with Crippen LogP contribution in [0.3, 0.4) is 0 Å². The summed E-state index contributed by atoms with van der Waals surface area (Å²) in [5, 5.41) is 3.56. The van der Waals surface area contributed by atoms with Gasteiger partial charge in [0.1, 0.15) is 5.75 Å². The molecule has 3 aromatic carbocycles. The van der Waals surface area contributed by atoms with Crippen LogP contribution in [0.5, 0.6) is 5.75 Å². The van der Waals surface area contributed by atoms with E-state index in [-0.39, 0.29) is 23.4 Å². The number of hydrogen-bond acceptors (Lipinski definition) is 4. The lowest BCUT2D eigenvalue weighted by Gasteiger charge is -2.36. The Morgan fingerprint density at radius 3 is 2.18 bits per heavy atom. The fraction of sp³-hybridized carbons (Fsp3) is 0.200. The van der Waals surface area contributed by atoms with Crippen LogP contribution in [0, 0.1) is 6.92 Å². The Balaban J connectivity index is 1.47. The third-order valence-electron chi connectivity index (χ3n) is 7.31. The van der Waals surface area contributed by atoms with Gasteiger partial charge in [-0.25, -0.2) is 0 Å². The molecule has 1 N–H and O–H groups in total. The number of benzene rings is 3. The molecular weight excluding hydrogens is 422 g/mol. The first kappa shape index (κ1) is 20.7. The lowest BCUT2D eigenvalue weighted by Crippen LogP contribution is -2.33. The van der Waals surface area contributed by atoms with Gasteiger partial charge in [-0.15, -0.1) is 0 Å². The van der Waals surface area contributed by atoms with E-state index in [4.69, 9.17) is 4.74 Å². The number of carbonyl (C=O) groups excluding carboxylic acids is 2. The number of ether oxygens (including phenoxy) is 1. The van der Waals surface area contributed by atoms with Crippen LogP contribution >= 0.6 is 0 Å². The molecular formula is C30H25NO3. The SMILES string of the molecule is COc1ccc(C2CC(=O)C3=C(C2)NC2=C(C(=O)c4ccccc42)C3c2ccc(C)cc2)cc1. The molecule has 0 aromatic heterocycles. The summed E-state index contributed by atoms with van der Waals surface area (Å²) in [6.45, 7) is 2.05. The molecule has 168 valence electrons. The average molecular weight is 448 g/mol. The molecule has 0 saturated heterocycles. The van der Waals surface area contributed by atoms with Gasteiger partial charge in [-0.3, -0.25) is 9.59 Å². The Hall–Kier alpha value is -3.92. The van der Waals surface area contributed by atoms with Gasteiger partial charge in [-0.2, -0.15) is 0 Å². The number of Topliss-reactive ketones (excluding diaryl/α,β-unsaturated/α-hetero) is 2. The van der Waals surface area contributed by atoms with Crippen molar-refractivity contribution in [1.29, 1.82) is 0 Å². The van der Waals surface area contributed by atoms with Gasteiger partial charge in [-0.1, -0.05) is 66.2 Å². The van der Waals surface area contributed by atoms with E-state index in [0.29, 0.717) is 17.6 Å². The predicted molar refractivity (Wildman–Crippen MR) is 132 cm³/mol. The van der Waals surface area contributed by atoms with E-state index in [9.17, 15) is 9.59 Å². The Bertz CT molecular complexity index is 1390. The second kappa shape index (κ2) is 7.84. The van der Waals surface area contributed by atoms with Gasteiger partial charge in [0, 0.05) is 40.3 Å². The van der Waals surface area contributed by atoms with Crippen molar-refractivity contribution in [2.45, 2.75) is 31.6 Å². The Kier molecular flexibility index (Phi) is 4.77. The monoisotopic (exact) mass is 447 g/mol. The van der Waals surface area contributed by atoms with Gasteiger partial charge < -0.3 is 10.1 Å². The Morgan fingerprint density at radius 1 is 0.794 bits per heavy atom. The van der Waals surface area contributed by atoms with E-state index in [1.165, 1.54) is 0 Å². The van der Waals surface area contributed by atoms with Crippen molar-refractivity contribution in [2.75, 3.05) is 7.11 Å². The number of aryl methyl sites for hydroxylation is 1. The van der Waals surface area contributed by atoms with Crippen molar-refractivity contribution in [2.24, 2.45) is 0 Å². The Morgan fingerprint density at radius 2 is 1.47 bits per heavy atom. The van der Waals surface area contributed by atoms with Crippen LogP contribution in [-0.4, -0.2) is 18.7 Å². The van der Waals surface area contributed by atoms with E-state index in [2.05, 4.69) is 29.6 Å². The highest BCUT2D eigenvalue weighted by Gasteiger charge is 2.45. The number of hydrogen-bond donors (Lipinski definition) is 1. The molecule has 3 aromatic rings. The summed E-state index contributed by atoms with van der Waals surface area (Å²) >= 11 is 0. The smallest absolute Gasteiger partial charge is 0.192 e. The maximum Gasteiger partial charge on any atom is 0.192 e. The highest BCUT2D eigenvalue weighted by molar-refractivity contribution is 6.23. The van der Waals surface area contributed by atoms with Crippen LogP contribution in [-0.2, 0) is 4.79 Å². The van der Waals surface area contributed by atoms with Crippen LogP contribution in [0.25, 0.3) is 5.70 Å². The minimum Gasteiger partial charge on any atom is -0.497 e. The fourth-order valence-electron chi connectivity index (χ4n) is 5.60. The molecule has 0 spiro atoms. The normalized spacial score (nSPS) is 21.1. The summed E-state index contributed by atoms with van der Waals surface area (Å²) in [5.41, 5.74) is 8.12. The third kappa shape index (κ3) is 3.13. The van der Waals surface area contributed by atoms with Gasteiger partial charge in [0.15, 0.2) is 11.6 Å². The van der Waals surface area contributed by atoms with Crippen molar-refractivity contribution in [3.05, 3.63) is 117 Å². The molecule has 0 fully saturated rings. The molecule has 4 heteroatoms. The van der Waals surface area contributed by atoms with Crippen molar-refractivity contribution in [3.8, 4) is 5.75 Å². The minimum atomic E-state index is -0.351. The predicted octanol–water partition coefficient (Wildman–Crippen LogP) is 5.70. The zero-order chi connectivity index (χ0) is 23.4. The number of fused-ring (bicyclic) bond motifs is 2. The molecule has 1 aliphatic heterocycles. The first-order valence-electron chi connectivity index (χ1n) is 11.7. The first-order chi connectivity index (χ1) is 16.5. The number of dihydropyridines is 1. The molecule has 4 nitrogen and oxygen atoms in total. The summed E-state index contributed by atoms with van der Waals surface area (Å²) in [6.07, 6.45) is 1.15. The number of methoxy groups -OCH3 is 1. The van der Waals surface area contributed by atoms with Crippen LogP contribution in [0.1, 0.15) is 57.3 Å². The summed E-state index contributed by atoms with van der Waals surface area (Å²) in [5.74, 6) is 0.654. The largest absolute Gasteiger partial charge is 0.497 e. The van der Waals surface area contributed by atoms with E-state index in [1.807, 2.05) is 55.5 Å². The average Bonchev–Trinajstić information content (AvgIpc) is 3.15. The minimum absolute atomic E-state index is 0.0142. The molecule has 0 bridgehead atoms. The van der Waals surface area contributed by atoms with Crippen LogP contribution in [0.4, 0.5) is 0 Å². The van der Waals surface area contributed by atoms with Crippen molar-refractivity contribution >= 4 is 17.3 Å². The topological polar surface area (TPSA) is 55.4 Å². The number of rotatable bonds is 3. The third-order valence-corrected chi connectivity index (χ3v) is 7.31. The van der Waals surface area contributed by atoms with Crippen molar-refractivity contribution in [3.63, 3.8) is 0 Å². The highest BCUT2D eigenvalue weighted by Crippen LogP contribution is 2.50. The van der Waals surface area contributed by atoms with Gasteiger partial charge in [0.05, 0.1) is 12.8 Å². The van der Waals surface area contributed by atoms with Gasteiger partial charge in [-0.05, 0) is 42.5 Å². The van der Waals surface area contributed by atoms with Crippen LogP contribution < -0.4 is 10.1 Å². The number of ketones is 2. The molecule has 2 aliphatic carbocycles. The molecule has 3 aliphatic rings. The number of carbonyl (C=O) groups is 2. The maximum atomic E-state index is 13.7. The molecule has 1 heterocycles. The zero-order valence-corrected chi connectivity index (χ0v) is 19.2. The van der Waals surface area contributed by atoms with E-state index >= 15 is 0 Å². The molecule has 2 atom stereocenters. The van der Waals surface area contributed by atoms with Crippen molar-refractivity contribution in [1.82, 2.24) is 5.32 Å². The molecule has 34 heavy (non-hydrogen) atoms. The van der Waals surface area contributed by atoms with Crippen LogP contribution in [0.2, 0.25) is 0 Å². The highest BCUT2D eigenvalue weighted by atomic mass is 16.5. The first-order valence-corrected chi connectivity index (χ1v) is 11.7. The molecule has 0 radical (unpaired) electrons. The molecule has 0 saturated carbocycles. The van der Waals surface area contributed by atoms with Gasteiger partial charge >= 0.3 is 0 Å². The second-order valence-electron chi connectivity index (χ2n) is 9.33. The summed E-state index contributed by atoms with van der Waals surface area (Å²) in [6, 6.07) is 23.9. The lowest BCUT2D eigenvalue weighted by molar-refractivity contribution is -0.116.